The highest BCUT2D eigenvalue weighted by Crippen LogP contribution is 2.30. The molecule has 0 aromatic rings. The summed E-state index contributed by atoms with van der Waals surface area (Å²) >= 11 is 0. The van der Waals surface area contributed by atoms with Gasteiger partial charge in [-0.3, -0.25) is 0 Å². The summed E-state index contributed by atoms with van der Waals surface area (Å²) in [6.45, 7) is 10.5. The predicted molar refractivity (Wildman–Crippen MR) is 63.9 cm³/mol. The third kappa shape index (κ3) is 3.93. The van der Waals surface area contributed by atoms with Gasteiger partial charge in [-0.05, 0) is 38.8 Å². The van der Waals surface area contributed by atoms with Gasteiger partial charge < -0.3 is 15.4 Å². The lowest BCUT2D eigenvalue weighted by Crippen LogP contribution is -2.45. The van der Waals surface area contributed by atoms with Crippen molar-refractivity contribution < 1.29 is 4.74 Å². The van der Waals surface area contributed by atoms with Crippen molar-refractivity contribution >= 4 is 0 Å². The van der Waals surface area contributed by atoms with Crippen LogP contribution in [0.2, 0.25) is 0 Å². The molecule has 1 heterocycles. The molecule has 0 aliphatic carbocycles. The van der Waals surface area contributed by atoms with Crippen molar-refractivity contribution in [3.8, 4) is 0 Å². The van der Waals surface area contributed by atoms with E-state index in [0.29, 0.717) is 0 Å². The van der Waals surface area contributed by atoms with Crippen molar-refractivity contribution in [2.24, 2.45) is 11.1 Å². The first-order valence-electron chi connectivity index (χ1n) is 5.69. The SMILES string of the molecule is C=C(C)CN(C)CC1(CN)CCOCC1. The van der Waals surface area contributed by atoms with E-state index in [2.05, 4.69) is 25.5 Å². The highest BCUT2D eigenvalue weighted by molar-refractivity contribution is 4.93. The lowest BCUT2D eigenvalue weighted by atomic mass is 9.80. The van der Waals surface area contributed by atoms with Crippen LogP contribution in [-0.4, -0.2) is 44.8 Å². The average Bonchev–Trinajstić information content (AvgIpc) is 2.17. The van der Waals surface area contributed by atoms with Gasteiger partial charge in [0.2, 0.25) is 0 Å². The Morgan fingerprint density at radius 2 is 2.07 bits per heavy atom. The van der Waals surface area contributed by atoms with Crippen LogP contribution in [0.4, 0.5) is 0 Å². The van der Waals surface area contributed by atoms with E-state index in [0.717, 1.165) is 45.7 Å². The summed E-state index contributed by atoms with van der Waals surface area (Å²) in [5, 5.41) is 0. The van der Waals surface area contributed by atoms with Gasteiger partial charge in [0.15, 0.2) is 0 Å². The van der Waals surface area contributed by atoms with E-state index >= 15 is 0 Å². The van der Waals surface area contributed by atoms with Crippen LogP contribution in [0.5, 0.6) is 0 Å². The van der Waals surface area contributed by atoms with E-state index in [-0.39, 0.29) is 5.41 Å². The van der Waals surface area contributed by atoms with Crippen molar-refractivity contribution in [1.29, 1.82) is 0 Å². The van der Waals surface area contributed by atoms with E-state index in [1.807, 2.05) is 0 Å². The standard InChI is InChI=1S/C12H24N2O/c1-11(2)8-14(3)10-12(9-13)4-6-15-7-5-12/h1,4-10,13H2,2-3H3. The van der Waals surface area contributed by atoms with Crippen LogP contribution in [0.15, 0.2) is 12.2 Å². The van der Waals surface area contributed by atoms with Crippen LogP contribution in [0.3, 0.4) is 0 Å². The maximum atomic E-state index is 5.91. The zero-order valence-corrected chi connectivity index (χ0v) is 10.1. The van der Waals surface area contributed by atoms with Gasteiger partial charge in [-0.25, -0.2) is 0 Å². The first kappa shape index (κ1) is 12.7. The molecule has 1 aliphatic rings. The number of nitrogens with two attached hydrogens (primary N) is 1. The van der Waals surface area contributed by atoms with Gasteiger partial charge >= 0.3 is 0 Å². The zero-order valence-electron chi connectivity index (χ0n) is 10.1. The van der Waals surface area contributed by atoms with Gasteiger partial charge in [0.1, 0.15) is 0 Å². The molecule has 0 aromatic carbocycles. The van der Waals surface area contributed by atoms with Crippen LogP contribution in [0.25, 0.3) is 0 Å². The first-order valence-corrected chi connectivity index (χ1v) is 5.69. The van der Waals surface area contributed by atoms with Crippen molar-refractivity contribution in [1.82, 2.24) is 4.90 Å². The molecule has 3 nitrogen and oxygen atoms in total. The van der Waals surface area contributed by atoms with E-state index in [4.69, 9.17) is 10.5 Å². The molecule has 3 heteroatoms. The van der Waals surface area contributed by atoms with E-state index in [1.54, 1.807) is 0 Å². The minimum absolute atomic E-state index is 0.266. The quantitative estimate of drug-likeness (QED) is 0.697. The van der Waals surface area contributed by atoms with Gasteiger partial charge in [0.05, 0.1) is 0 Å². The fourth-order valence-corrected chi connectivity index (χ4v) is 2.32. The fourth-order valence-electron chi connectivity index (χ4n) is 2.32. The van der Waals surface area contributed by atoms with E-state index in [9.17, 15) is 0 Å². The number of hydrogen-bond donors (Lipinski definition) is 1. The number of nitrogens with zero attached hydrogens (tertiary/aromatic N) is 1. The monoisotopic (exact) mass is 212 g/mol. The lowest BCUT2D eigenvalue weighted by molar-refractivity contribution is 0.00490. The summed E-state index contributed by atoms with van der Waals surface area (Å²) in [4.78, 5) is 2.32. The Labute approximate surface area is 93.3 Å². The minimum Gasteiger partial charge on any atom is -0.381 e. The second-order valence-corrected chi connectivity index (χ2v) is 4.95. The molecular weight excluding hydrogens is 188 g/mol. The molecule has 0 bridgehead atoms. The topological polar surface area (TPSA) is 38.5 Å². The molecule has 0 radical (unpaired) electrons. The zero-order chi connectivity index (χ0) is 11.3. The second kappa shape index (κ2) is 5.64. The van der Waals surface area contributed by atoms with Crippen molar-refractivity contribution in [3.05, 3.63) is 12.2 Å². The first-order chi connectivity index (χ1) is 7.08. The molecule has 1 aliphatic heterocycles. The summed E-state index contributed by atoms with van der Waals surface area (Å²) < 4.78 is 5.40. The Morgan fingerprint density at radius 3 is 2.53 bits per heavy atom. The molecule has 1 saturated heterocycles. The largest absolute Gasteiger partial charge is 0.381 e. The number of likely N-dealkylation sites (N-methyl/N-ethyl adjacent to an activating group) is 1. The lowest BCUT2D eigenvalue weighted by Gasteiger charge is -2.39. The second-order valence-electron chi connectivity index (χ2n) is 4.95. The highest BCUT2D eigenvalue weighted by atomic mass is 16.5. The van der Waals surface area contributed by atoms with Gasteiger partial charge in [0.25, 0.3) is 0 Å². The van der Waals surface area contributed by atoms with Crippen LogP contribution >= 0.6 is 0 Å². The average molecular weight is 212 g/mol. The Bertz CT molecular complexity index is 210. The molecule has 88 valence electrons. The number of hydrogen-bond acceptors (Lipinski definition) is 3. The molecule has 1 rings (SSSR count). The minimum atomic E-state index is 0.266. The maximum Gasteiger partial charge on any atom is 0.0472 e. The Balaban J connectivity index is 2.47. The molecule has 15 heavy (non-hydrogen) atoms. The van der Waals surface area contributed by atoms with Gasteiger partial charge in [-0.15, -0.1) is 0 Å². The third-order valence-electron chi connectivity index (χ3n) is 3.13. The van der Waals surface area contributed by atoms with Gasteiger partial charge in [0, 0.05) is 26.3 Å². The summed E-state index contributed by atoms with van der Waals surface area (Å²) in [5.74, 6) is 0. The van der Waals surface area contributed by atoms with Crippen molar-refractivity contribution in [2.45, 2.75) is 19.8 Å². The molecule has 0 unspecified atom stereocenters. The Kier molecular flexibility index (Phi) is 4.77. The van der Waals surface area contributed by atoms with Crippen molar-refractivity contribution in [2.75, 3.05) is 39.9 Å². The third-order valence-corrected chi connectivity index (χ3v) is 3.13. The van der Waals surface area contributed by atoms with Crippen LogP contribution in [0.1, 0.15) is 19.8 Å². The molecule has 0 aromatic heterocycles. The summed E-state index contributed by atoms with van der Waals surface area (Å²) in [6, 6.07) is 0. The Hall–Kier alpha value is -0.380. The molecule has 0 atom stereocenters. The fraction of sp³-hybridized carbons (Fsp3) is 0.833. The maximum absolute atomic E-state index is 5.91. The predicted octanol–water partition coefficient (Wildman–Crippen LogP) is 1.25. The molecule has 1 fully saturated rings. The summed E-state index contributed by atoms with van der Waals surface area (Å²) in [6.07, 6.45) is 2.17. The summed E-state index contributed by atoms with van der Waals surface area (Å²) in [5.41, 5.74) is 7.38. The van der Waals surface area contributed by atoms with Crippen LogP contribution in [-0.2, 0) is 4.74 Å². The van der Waals surface area contributed by atoms with Crippen LogP contribution in [0, 0.1) is 5.41 Å². The number of rotatable bonds is 5. The molecule has 0 spiro atoms. The van der Waals surface area contributed by atoms with Gasteiger partial charge in [-0.1, -0.05) is 12.2 Å². The highest BCUT2D eigenvalue weighted by Gasteiger charge is 2.32. The van der Waals surface area contributed by atoms with Crippen LogP contribution < -0.4 is 5.73 Å². The van der Waals surface area contributed by atoms with E-state index in [1.165, 1.54) is 5.57 Å². The summed E-state index contributed by atoms with van der Waals surface area (Å²) in [7, 11) is 2.14. The Morgan fingerprint density at radius 1 is 1.47 bits per heavy atom. The molecule has 0 saturated carbocycles. The smallest absolute Gasteiger partial charge is 0.0472 e. The molecule has 2 N–H and O–H groups in total. The van der Waals surface area contributed by atoms with E-state index < -0.39 is 0 Å². The number of ether oxygens (including phenoxy) is 1. The molecule has 0 amide bonds. The molecular formula is C12H24N2O. The normalized spacial score (nSPS) is 20.5. The van der Waals surface area contributed by atoms with Crippen molar-refractivity contribution in [3.63, 3.8) is 0 Å². The van der Waals surface area contributed by atoms with Gasteiger partial charge in [-0.2, -0.15) is 0 Å².